The molecule has 0 aromatic heterocycles. The number of hydrogen-bond donors (Lipinski definition) is 0. The lowest BCUT2D eigenvalue weighted by Crippen LogP contribution is -2.36. The van der Waals surface area contributed by atoms with E-state index >= 15 is 13.7 Å². The van der Waals surface area contributed by atoms with Gasteiger partial charge in [-0.05, 0) is 63.1 Å². The van der Waals surface area contributed by atoms with E-state index in [1.165, 1.54) is 0 Å². The molecule has 0 amide bonds. The van der Waals surface area contributed by atoms with Gasteiger partial charge in [-0.15, -0.1) is 0 Å². The van der Waals surface area contributed by atoms with Gasteiger partial charge in [0.2, 0.25) is 0 Å². The molecule has 1 heterocycles. The molecule has 4 aromatic rings. The van der Waals surface area contributed by atoms with Crippen molar-refractivity contribution in [2.24, 2.45) is 0 Å². The SMILES string of the molecule is CCOP(=O)(OCC)C(c1ccccc1)N1c2ccccc2N(C(c2ccccc2)P(=O)(OCC)OCC)P1(=O)c1ccccc1. The molecule has 12 heteroatoms. The molecule has 9 nitrogen and oxygen atoms in total. The summed E-state index contributed by atoms with van der Waals surface area (Å²) in [7, 11) is -12.3. The molecule has 0 spiro atoms. The molecule has 0 saturated carbocycles. The van der Waals surface area contributed by atoms with Crippen LogP contribution in [-0.2, 0) is 31.8 Å². The molecule has 1 aliphatic rings. The zero-order valence-electron chi connectivity index (χ0n) is 26.5. The van der Waals surface area contributed by atoms with Gasteiger partial charge in [-0.3, -0.25) is 23.0 Å². The number of para-hydroxylation sites is 2. The Kier molecular flexibility index (Phi) is 11.1. The summed E-state index contributed by atoms with van der Waals surface area (Å²) in [6, 6.07) is 34.7. The van der Waals surface area contributed by atoms with Crippen LogP contribution >= 0.6 is 22.6 Å². The van der Waals surface area contributed by atoms with Crippen LogP contribution in [0.25, 0.3) is 0 Å². The van der Waals surface area contributed by atoms with Crippen molar-refractivity contribution in [1.29, 1.82) is 0 Å². The van der Waals surface area contributed by atoms with Crippen molar-refractivity contribution in [2.45, 2.75) is 39.3 Å². The van der Waals surface area contributed by atoms with Crippen LogP contribution in [0.4, 0.5) is 11.4 Å². The summed E-state index contributed by atoms with van der Waals surface area (Å²) < 4.78 is 74.2. The topological polar surface area (TPSA) is 94.6 Å². The van der Waals surface area contributed by atoms with Crippen molar-refractivity contribution >= 4 is 39.3 Å². The lowest BCUT2D eigenvalue weighted by Gasteiger charge is -2.43. The van der Waals surface area contributed by atoms with E-state index in [9.17, 15) is 0 Å². The number of anilines is 2. The van der Waals surface area contributed by atoms with E-state index < -0.39 is 34.2 Å². The summed E-state index contributed by atoms with van der Waals surface area (Å²) >= 11 is 0. The van der Waals surface area contributed by atoms with Crippen molar-refractivity contribution < 1.29 is 31.8 Å². The van der Waals surface area contributed by atoms with Gasteiger partial charge in [0, 0.05) is 0 Å². The van der Waals surface area contributed by atoms with Crippen LogP contribution < -0.4 is 14.6 Å². The first kappa shape index (κ1) is 34.3. The third-order valence-electron chi connectivity index (χ3n) is 7.55. The molecule has 0 N–H and O–H groups in total. The quantitative estimate of drug-likeness (QED) is 0.114. The van der Waals surface area contributed by atoms with Gasteiger partial charge in [-0.1, -0.05) is 91.0 Å². The molecule has 0 fully saturated rings. The predicted molar refractivity (Wildman–Crippen MR) is 185 cm³/mol. The number of hydrogen-bond acceptors (Lipinski definition) is 7. The zero-order valence-corrected chi connectivity index (χ0v) is 29.2. The summed E-state index contributed by atoms with van der Waals surface area (Å²) in [5, 5.41) is 0.437. The third-order valence-corrected chi connectivity index (χ3v) is 15.7. The molecule has 0 saturated heterocycles. The second-order valence-electron chi connectivity index (χ2n) is 10.4. The molecule has 0 radical (unpaired) electrons. The first-order chi connectivity index (χ1) is 22.3. The molecule has 2 unspecified atom stereocenters. The van der Waals surface area contributed by atoms with Crippen LogP contribution in [-0.4, -0.2) is 26.4 Å². The van der Waals surface area contributed by atoms with Gasteiger partial charge in [-0.2, -0.15) is 0 Å². The second-order valence-corrected chi connectivity index (χ2v) is 17.0. The van der Waals surface area contributed by atoms with E-state index in [4.69, 9.17) is 18.1 Å². The van der Waals surface area contributed by atoms with E-state index in [-0.39, 0.29) is 26.4 Å². The predicted octanol–water partition coefficient (Wildman–Crippen LogP) is 9.76. The van der Waals surface area contributed by atoms with Gasteiger partial charge in [0.25, 0.3) is 7.44 Å². The van der Waals surface area contributed by atoms with Crippen molar-refractivity contribution in [1.82, 2.24) is 0 Å². The van der Waals surface area contributed by atoms with Gasteiger partial charge in [0.15, 0.2) is 11.6 Å². The maximum atomic E-state index is 16.7. The smallest absolute Gasteiger partial charge is 0.307 e. The minimum atomic E-state index is -4.15. The first-order valence-corrected chi connectivity index (χ1v) is 20.3. The highest BCUT2D eigenvalue weighted by atomic mass is 31.2. The largest absolute Gasteiger partial charge is 0.357 e. The monoisotopic (exact) mass is 682 g/mol. The van der Waals surface area contributed by atoms with Crippen LogP contribution in [0.1, 0.15) is 50.4 Å². The van der Waals surface area contributed by atoms with Gasteiger partial charge in [0.05, 0.1) is 43.1 Å². The van der Waals surface area contributed by atoms with Gasteiger partial charge >= 0.3 is 15.2 Å². The second kappa shape index (κ2) is 14.8. The van der Waals surface area contributed by atoms with Crippen LogP contribution in [0.15, 0.2) is 115 Å². The van der Waals surface area contributed by atoms with Crippen LogP contribution in [0.2, 0.25) is 0 Å². The average molecular weight is 683 g/mol. The van der Waals surface area contributed by atoms with Gasteiger partial charge in [-0.25, -0.2) is 0 Å². The van der Waals surface area contributed by atoms with Crippen molar-refractivity contribution in [3.8, 4) is 0 Å². The number of nitrogens with zero attached hydrogens (tertiary/aromatic N) is 2. The van der Waals surface area contributed by atoms with Crippen LogP contribution in [0, 0.1) is 0 Å². The molecule has 4 aromatic carbocycles. The zero-order chi connectivity index (χ0) is 32.8. The molecule has 46 heavy (non-hydrogen) atoms. The summed E-state index contributed by atoms with van der Waals surface area (Å²) in [5.74, 6) is -2.28. The third kappa shape index (κ3) is 6.31. The van der Waals surface area contributed by atoms with Crippen LogP contribution in [0.5, 0.6) is 0 Å². The van der Waals surface area contributed by atoms with Gasteiger partial charge in [0.1, 0.15) is 0 Å². The van der Waals surface area contributed by atoms with Crippen molar-refractivity contribution in [2.75, 3.05) is 35.8 Å². The number of benzene rings is 4. The molecule has 244 valence electrons. The highest BCUT2D eigenvalue weighted by Gasteiger charge is 2.60. The van der Waals surface area contributed by atoms with E-state index in [1.54, 1.807) is 61.3 Å². The van der Waals surface area contributed by atoms with E-state index in [0.717, 1.165) is 0 Å². The fraction of sp³-hybridized carbons (Fsp3) is 0.294. The molecule has 1 aliphatic heterocycles. The van der Waals surface area contributed by atoms with E-state index in [2.05, 4.69) is 0 Å². The maximum Gasteiger partial charge on any atom is 0.357 e. The first-order valence-electron chi connectivity index (χ1n) is 15.5. The van der Waals surface area contributed by atoms with Crippen LogP contribution in [0.3, 0.4) is 0 Å². The van der Waals surface area contributed by atoms with Gasteiger partial charge < -0.3 is 18.1 Å². The minimum absolute atomic E-state index is 0.103. The molecule has 0 aliphatic carbocycles. The molecule has 0 bridgehead atoms. The Morgan fingerprint density at radius 1 is 0.522 bits per heavy atom. The normalized spacial score (nSPS) is 17.9. The fourth-order valence-corrected chi connectivity index (χ4v) is 14.6. The number of rotatable bonds is 15. The Labute approximate surface area is 272 Å². The van der Waals surface area contributed by atoms with Crippen molar-refractivity contribution in [3.63, 3.8) is 0 Å². The fourth-order valence-electron chi connectivity index (χ4n) is 5.92. The lowest BCUT2D eigenvalue weighted by molar-refractivity contribution is 0.212. The molecular weight excluding hydrogens is 641 g/mol. The molecular formula is C34H41N2O7P3. The molecule has 2 atom stereocenters. The minimum Gasteiger partial charge on any atom is -0.307 e. The Morgan fingerprint density at radius 3 is 1.15 bits per heavy atom. The maximum absolute atomic E-state index is 16.7. The number of fused-ring (bicyclic) bond motifs is 1. The summed E-state index contributed by atoms with van der Waals surface area (Å²) in [6.07, 6.45) is 0. The summed E-state index contributed by atoms with van der Waals surface area (Å²) in [4.78, 5) is 0. The highest BCUT2D eigenvalue weighted by molar-refractivity contribution is 7.76. The highest BCUT2D eigenvalue weighted by Crippen LogP contribution is 2.79. The van der Waals surface area contributed by atoms with Crippen molar-refractivity contribution in [3.05, 3.63) is 126 Å². The standard InChI is InChI=1S/C34H41N2O7P3/c1-5-40-45(38,41-6-2)33(28-20-12-9-13-21-28)35-31-26-18-19-27-32(31)36(44(35,37)30-24-16-11-17-25-30)34(29-22-14-10-15-23-29)46(39,42-7-3)43-8-4/h9-27,33-34H,5-8H2,1-4H3. The van der Waals surface area contributed by atoms with E-state index in [0.29, 0.717) is 27.8 Å². The lowest BCUT2D eigenvalue weighted by atomic mass is 10.2. The molecule has 5 rings (SSSR count). The average Bonchev–Trinajstić information content (AvgIpc) is 3.32. The Hall–Kier alpha value is -2.99. The Bertz CT molecular complexity index is 1600. The summed E-state index contributed by atoms with van der Waals surface area (Å²) in [6.45, 7) is 7.42. The Balaban J connectivity index is 1.92. The summed E-state index contributed by atoms with van der Waals surface area (Å²) in [5.41, 5.74) is 2.22. The van der Waals surface area contributed by atoms with E-state index in [1.807, 2.05) is 91.0 Å². The Morgan fingerprint density at radius 2 is 0.826 bits per heavy atom.